The SMILES string of the molecule is CCc1sc(-c2ccc(Br)cc2F)nc1C1C(=O)[C@@H]2CC[C@@H](C2)C1=O. The summed E-state index contributed by atoms with van der Waals surface area (Å²) in [7, 11) is 0. The quantitative estimate of drug-likeness (QED) is 0.660. The zero-order valence-electron chi connectivity index (χ0n) is 13.7. The summed E-state index contributed by atoms with van der Waals surface area (Å²) in [4.78, 5) is 31.1. The lowest BCUT2D eigenvalue weighted by atomic mass is 9.77. The lowest BCUT2D eigenvalue weighted by Gasteiger charge is -2.24. The van der Waals surface area contributed by atoms with Crippen molar-refractivity contribution in [3.8, 4) is 10.6 Å². The predicted octanol–water partition coefficient (Wildman–Crippen LogP) is 4.93. The number of hydrogen-bond donors (Lipinski definition) is 0. The van der Waals surface area contributed by atoms with Gasteiger partial charge in [-0.05, 0) is 43.9 Å². The topological polar surface area (TPSA) is 47.0 Å². The van der Waals surface area contributed by atoms with Gasteiger partial charge in [-0.3, -0.25) is 9.59 Å². The summed E-state index contributed by atoms with van der Waals surface area (Å²) in [6.07, 6.45) is 3.00. The molecule has 2 aliphatic carbocycles. The van der Waals surface area contributed by atoms with Gasteiger partial charge in [0.1, 0.15) is 16.7 Å². The molecule has 1 unspecified atom stereocenters. The maximum atomic E-state index is 14.3. The van der Waals surface area contributed by atoms with Gasteiger partial charge in [0.25, 0.3) is 0 Å². The maximum absolute atomic E-state index is 14.3. The highest BCUT2D eigenvalue weighted by Gasteiger charge is 2.48. The molecule has 1 aromatic carbocycles. The highest BCUT2D eigenvalue weighted by Crippen LogP contribution is 2.45. The number of aromatic nitrogens is 1. The van der Waals surface area contributed by atoms with E-state index in [0.29, 0.717) is 33.6 Å². The molecule has 3 nitrogen and oxygen atoms in total. The van der Waals surface area contributed by atoms with Crippen LogP contribution in [0.15, 0.2) is 22.7 Å². The second-order valence-corrected chi connectivity index (χ2v) is 8.75. The molecule has 2 bridgehead atoms. The van der Waals surface area contributed by atoms with Gasteiger partial charge in [0.2, 0.25) is 0 Å². The predicted molar refractivity (Wildman–Crippen MR) is 98.2 cm³/mol. The summed E-state index contributed by atoms with van der Waals surface area (Å²) < 4.78 is 15.0. The smallest absolute Gasteiger partial charge is 0.152 e. The lowest BCUT2D eigenvalue weighted by molar-refractivity contribution is -0.136. The van der Waals surface area contributed by atoms with Crippen LogP contribution >= 0.6 is 27.3 Å². The second kappa shape index (κ2) is 6.40. The molecular formula is C19H17BrFNO2S. The Bertz CT molecular complexity index is 856. The van der Waals surface area contributed by atoms with Gasteiger partial charge >= 0.3 is 0 Å². The van der Waals surface area contributed by atoms with Crippen LogP contribution in [0.25, 0.3) is 10.6 Å². The number of halogens is 2. The monoisotopic (exact) mass is 421 g/mol. The van der Waals surface area contributed by atoms with Crippen molar-refractivity contribution in [3.05, 3.63) is 39.1 Å². The molecule has 1 aromatic heterocycles. The van der Waals surface area contributed by atoms with Gasteiger partial charge in [-0.2, -0.15) is 0 Å². The van der Waals surface area contributed by atoms with E-state index in [1.165, 1.54) is 17.4 Å². The van der Waals surface area contributed by atoms with E-state index in [0.717, 1.165) is 17.7 Å². The van der Waals surface area contributed by atoms with Crippen molar-refractivity contribution in [1.29, 1.82) is 0 Å². The van der Waals surface area contributed by atoms with Crippen LogP contribution in [0.4, 0.5) is 4.39 Å². The first-order valence-electron chi connectivity index (χ1n) is 8.52. The minimum Gasteiger partial charge on any atom is -0.298 e. The fourth-order valence-corrected chi connectivity index (χ4v) is 5.40. The molecule has 0 N–H and O–H groups in total. The average molecular weight is 422 g/mol. The van der Waals surface area contributed by atoms with Gasteiger partial charge < -0.3 is 0 Å². The Kier molecular flexibility index (Phi) is 4.36. The number of nitrogens with zero attached hydrogens (tertiary/aromatic N) is 1. The molecule has 3 atom stereocenters. The van der Waals surface area contributed by atoms with Gasteiger partial charge in [0, 0.05) is 26.7 Å². The molecule has 2 saturated carbocycles. The summed E-state index contributed by atoms with van der Waals surface area (Å²) in [6, 6.07) is 4.84. The van der Waals surface area contributed by atoms with E-state index >= 15 is 0 Å². The van der Waals surface area contributed by atoms with E-state index in [9.17, 15) is 14.0 Å². The zero-order valence-corrected chi connectivity index (χ0v) is 16.1. The minimum atomic E-state index is -0.746. The number of carbonyl (C=O) groups is 2. The lowest BCUT2D eigenvalue weighted by Crippen LogP contribution is -2.35. The second-order valence-electron chi connectivity index (χ2n) is 6.75. The fourth-order valence-electron chi connectivity index (χ4n) is 4.00. The molecule has 0 amide bonds. The Morgan fingerprint density at radius 2 is 1.92 bits per heavy atom. The average Bonchev–Trinajstić information content (AvgIpc) is 3.19. The van der Waals surface area contributed by atoms with Gasteiger partial charge in [0.05, 0.1) is 5.69 Å². The molecule has 130 valence electrons. The normalized spacial score (nSPS) is 25.6. The van der Waals surface area contributed by atoms with Crippen LogP contribution in [-0.4, -0.2) is 16.6 Å². The Morgan fingerprint density at radius 3 is 2.52 bits per heavy atom. The van der Waals surface area contributed by atoms with Crippen molar-refractivity contribution < 1.29 is 14.0 Å². The molecule has 0 saturated heterocycles. The molecule has 0 spiro atoms. The maximum Gasteiger partial charge on any atom is 0.152 e. The van der Waals surface area contributed by atoms with Crippen LogP contribution in [0, 0.1) is 17.7 Å². The molecule has 1 heterocycles. The molecule has 25 heavy (non-hydrogen) atoms. The van der Waals surface area contributed by atoms with E-state index in [1.807, 2.05) is 6.92 Å². The van der Waals surface area contributed by atoms with Crippen LogP contribution in [-0.2, 0) is 16.0 Å². The summed E-state index contributed by atoms with van der Waals surface area (Å²) in [5, 5.41) is 0.537. The first-order chi connectivity index (χ1) is 12.0. The molecule has 0 aliphatic heterocycles. The first-order valence-corrected chi connectivity index (χ1v) is 10.1. The van der Waals surface area contributed by atoms with Crippen molar-refractivity contribution in [2.45, 2.75) is 38.5 Å². The van der Waals surface area contributed by atoms with Crippen LogP contribution < -0.4 is 0 Å². The molecule has 2 fully saturated rings. The van der Waals surface area contributed by atoms with Crippen molar-refractivity contribution in [2.75, 3.05) is 0 Å². The summed E-state index contributed by atoms with van der Waals surface area (Å²) in [5.74, 6) is -1.09. The van der Waals surface area contributed by atoms with E-state index < -0.39 is 5.92 Å². The largest absolute Gasteiger partial charge is 0.298 e. The van der Waals surface area contributed by atoms with Gasteiger partial charge in [-0.15, -0.1) is 11.3 Å². The Balaban J connectivity index is 1.79. The number of rotatable bonds is 3. The third-order valence-corrected chi connectivity index (χ3v) is 7.03. The summed E-state index contributed by atoms with van der Waals surface area (Å²) in [5.41, 5.74) is 0.976. The minimum absolute atomic E-state index is 0.00743. The Hall–Kier alpha value is -1.40. The number of thiazole rings is 1. The highest BCUT2D eigenvalue weighted by molar-refractivity contribution is 9.10. The van der Waals surface area contributed by atoms with Crippen LogP contribution in [0.1, 0.15) is 42.7 Å². The van der Waals surface area contributed by atoms with Gasteiger partial charge in [-0.25, -0.2) is 9.37 Å². The van der Waals surface area contributed by atoms with E-state index in [4.69, 9.17) is 0 Å². The molecular weight excluding hydrogens is 405 g/mol. The molecule has 6 heteroatoms. The third-order valence-electron chi connectivity index (χ3n) is 5.29. The van der Waals surface area contributed by atoms with E-state index in [1.54, 1.807) is 12.1 Å². The highest BCUT2D eigenvalue weighted by atomic mass is 79.9. The Labute approximate surface area is 157 Å². The van der Waals surface area contributed by atoms with Gasteiger partial charge in [-0.1, -0.05) is 22.9 Å². The number of fused-ring (bicyclic) bond motifs is 2. The standard InChI is InChI=1S/C19H17BrFNO2S/c1-2-14-16(15-17(23)9-3-4-10(7-9)18(15)24)22-19(25-14)12-6-5-11(20)8-13(12)21/h5-6,8-10,15H,2-4,7H2,1H3/t9-,10+,15?. The van der Waals surface area contributed by atoms with Crippen molar-refractivity contribution in [3.63, 3.8) is 0 Å². The Morgan fingerprint density at radius 1 is 1.24 bits per heavy atom. The first kappa shape index (κ1) is 17.0. The number of aryl methyl sites for hydroxylation is 1. The number of ketones is 2. The summed E-state index contributed by atoms with van der Waals surface area (Å²) in [6.45, 7) is 1.98. The molecule has 4 rings (SSSR count). The molecule has 2 aromatic rings. The number of carbonyl (C=O) groups excluding carboxylic acids is 2. The number of Topliss-reactive ketones (excluding diaryl/α,β-unsaturated/α-hetero) is 2. The van der Waals surface area contributed by atoms with Crippen LogP contribution in [0.2, 0.25) is 0 Å². The van der Waals surface area contributed by atoms with Crippen LogP contribution in [0.5, 0.6) is 0 Å². The van der Waals surface area contributed by atoms with Crippen molar-refractivity contribution >= 4 is 38.8 Å². The summed E-state index contributed by atoms with van der Waals surface area (Å²) >= 11 is 4.64. The van der Waals surface area contributed by atoms with Crippen molar-refractivity contribution in [1.82, 2.24) is 4.98 Å². The molecule has 2 aliphatic rings. The fraction of sp³-hybridized carbons (Fsp3) is 0.421. The van der Waals surface area contributed by atoms with Gasteiger partial charge in [0.15, 0.2) is 11.6 Å². The van der Waals surface area contributed by atoms with E-state index in [2.05, 4.69) is 20.9 Å². The third kappa shape index (κ3) is 2.79. The van der Waals surface area contributed by atoms with Crippen LogP contribution in [0.3, 0.4) is 0 Å². The zero-order chi connectivity index (χ0) is 17.7. The van der Waals surface area contributed by atoms with Crippen molar-refractivity contribution in [2.24, 2.45) is 11.8 Å². The number of hydrogen-bond acceptors (Lipinski definition) is 4. The molecule has 0 radical (unpaired) electrons. The number of benzene rings is 1. The van der Waals surface area contributed by atoms with E-state index in [-0.39, 0.29) is 29.2 Å².